The van der Waals surface area contributed by atoms with Crippen LogP contribution >= 0.6 is 0 Å². The normalized spacial score (nSPS) is 14.9. The first-order valence-electron chi connectivity index (χ1n) is 8.84. The Bertz CT molecular complexity index is 876. The molecule has 5 nitrogen and oxygen atoms in total. The minimum absolute atomic E-state index is 0.239. The summed E-state index contributed by atoms with van der Waals surface area (Å²) in [4.78, 5) is 4.39. The van der Waals surface area contributed by atoms with Crippen molar-refractivity contribution in [1.82, 2.24) is 10.1 Å². The lowest BCUT2D eigenvalue weighted by Crippen LogP contribution is -2.10. The number of aromatic hydroxyl groups is 1. The van der Waals surface area contributed by atoms with Gasteiger partial charge in [-0.3, -0.25) is 0 Å². The van der Waals surface area contributed by atoms with Crippen molar-refractivity contribution in [2.24, 2.45) is 0 Å². The highest BCUT2D eigenvalue weighted by Crippen LogP contribution is 2.26. The Balaban J connectivity index is 1.42. The van der Waals surface area contributed by atoms with E-state index in [1.165, 1.54) is 12.8 Å². The van der Waals surface area contributed by atoms with Crippen molar-refractivity contribution in [3.63, 3.8) is 0 Å². The van der Waals surface area contributed by atoms with Gasteiger partial charge in [0.2, 0.25) is 5.82 Å². The molecule has 0 bridgehead atoms. The molecule has 0 saturated heterocycles. The molecule has 0 unspecified atom stereocenters. The summed E-state index contributed by atoms with van der Waals surface area (Å²) < 4.78 is 11.2. The van der Waals surface area contributed by atoms with E-state index in [2.05, 4.69) is 10.1 Å². The van der Waals surface area contributed by atoms with E-state index in [4.69, 9.17) is 9.26 Å². The van der Waals surface area contributed by atoms with Crippen LogP contribution in [0.5, 0.6) is 11.5 Å². The highest BCUT2D eigenvalue weighted by molar-refractivity contribution is 5.67. The van der Waals surface area contributed by atoms with Crippen LogP contribution in [0.25, 0.3) is 23.5 Å². The van der Waals surface area contributed by atoms with Crippen molar-refractivity contribution >= 4 is 12.2 Å². The van der Waals surface area contributed by atoms with Crippen LogP contribution < -0.4 is 4.74 Å². The summed E-state index contributed by atoms with van der Waals surface area (Å²) >= 11 is 0. The molecule has 2 aromatic carbocycles. The van der Waals surface area contributed by atoms with Gasteiger partial charge in [0, 0.05) is 11.6 Å². The van der Waals surface area contributed by atoms with E-state index >= 15 is 0 Å². The quantitative estimate of drug-likeness (QED) is 0.708. The number of hydrogen-bond donors (Lipinski definition) is 1. The van der Waals surface area contributed by atoms with Gasteiger partial charge in [0.05, 0.1) is 6.10 Å². The third kappa shape index (κ3) is 3.94. The summed E-state index contributed by atoms with van der Waals surface area (Å²) in [6.07, 6.45) is 8.75. The van der Waals surface area contributed by atoms with Gasteiger partial charge < -0.3 is 14.4 Å². The van der Waals surface area contributed by atoms with Crippen LogP contribution in [0.2, 0.25) is 0 Å². The first-order chi connectivity index (χ1) is 12.8. The summed E-state index contributed by atoms with van der Waals surface area (Å²) in [6.45, 7) is 0. The molecular weight excluding hydrogens is 328 g/mol. The summed E-state index contributed by atoms with van der Waals surface area (Å²) in [6, 6.07) is 14.7. The Morgan fingerprint density at radius 2 is 1.69 bits per heavy atom. The zero-order valence-electron chi connectivity index (χ0n) is 14.3. The fraction of sp³-hybridized carbons (Fsp3) is 0.238. The van der Waals surface area contributed by atoms with Gasteiger partial charge >= 0.3 is 0 Å². The monoisotopic (exact) mass is 348 g/mol. The lowest BCUT2D eigenvalue weighted by atomic mass is 10.2. The van der Waals surface area contributed by atoms with Crippen molar-refractivity contribution in [3.8, 4) is 22.9 Å². The Morgan fingerprint density at radius 1 is 0.962 bits per heavy atom. The highest BCUT2D eigenvalue weighted by atomic mass is 16.5. The molecule has 0 spiro atoms. The molecule has 1 aromatic heterocycles. The van der Waals surface area contributed by atoms with Crippen LogP contribution in [0.15, 0.2) is 53.1 Å². The molecule has 1 saturated carbocycles. The molecule has 132 valence electrons. The largest absolute Gasteiger partial charge is 0.508 e. The summed E-state index contributed by atoms with van der Waals surface area (Å²) in [5.41, 5.74) is 1.83. The number of rotatable bonds is 5. The molecule has 1 heterocycles. The Morgan fingerprint density at radius 3 is 2.42 bits per heavy atom. The Kier molecular flexibility index (Phi) is 4.69. The summed E-state index contributed by atoms with van der Waals surface area (Å²) in [5.74, 6) is 2.10. The maximum Gasteiger partial charge on any atom is 0.250 e. The van der Waals surface area contributed by atoms with Gasteiger partial charge in [0.25, 0.3) is 5.89 Å². The van der Waals surface area contributed by atoms with Crippen LogP contribution in [-0.2, 0) is 0 Å². The van der Waals surface area contributed by atoms with Crippen molar-refractivity contribution in [2.45, 2.75) is 31.8 Å². The molecule has 1 N–H and O–H groups in total. The van der Waals surface area contributed by atoms with Crippen molar-refractivity contribution in [1.29, 1.82) is 0 Å². The molecule has 1 aliphatic rings. The Hall–Kier alpha value is -3.08. The van der Waals surface area contributed by atoms with E-state index in [9.17, 15) is 5.11 Å². The highest BCUT2D eigenvalue weighted by Gasteiger charge is 2.16. The molecule has 0 amide bonds. The van der Waals surface area contributed by atoms with Gasteiger partial charge in [0.15, 0.2) is 0 Å². The Labute approximate surface area is 151 Å². The van der Waals surface area contributed by atoms with Crippen LogP contribution in [-0.4, -0.2) is 21.4 Å². The molecular formula is C21H20N2O3. The van der Waals surface area contributed by atoms with Crippen LogP contribution in [0.1, 0.15) is 37.1 Å². The number of ether oxygens (including phenoxy) is 1. The minimum Gasteiger partial charge on any atom is -0.508 e. The van der Waals surface area contributed by atoms with E-state index in [0.717, 1.165) is 29.7 Å². The molecule has 26 heavy (non-hydrogen) atoms. The molecule has 0 radical (unpaired) electrons. The molecule has 0 atom stereocenters. The fourth-order valence-electron chi connectivity index (χ4n) is 3.05. The third-order valence-electron chi connectivity index (χ3n) is 4.47. The number of hydrogen-bond acceptors (Lipinski definition) is 5. The van der Waals surface area contributed by atoms with Gasteiger partial charge in [-0.15, -0.1) is 0 Å². The van der Waals surface area contributed by atoms with Crippen LogP contribution in [0, 0.1) is 0 Å². The predicted octanol–water partition coefficient (Wildman–Crippen LogP) is 4.93. The van der Waals surface area contributed by atoms with Gasteiger partial charge in [0.1, 0.15) is 11.5 Å². The fourth-order valence-corrected chi connectivity index (χ4v) is 3.05. The molecule has 4 rings (SSSR count). The van der Waals surface area contributed by atoms with Crippen LogP contribution in [0.4, 0.5) is 0 Å². The molecule has 0 aliphatic heterocycles. The first kappa shape index (κ1) is 16.4. The van der Waals surface area contributed by atoms with Gasteiger partial charge in [-0.05, 0) is 73.7 Å². The van der Waals surface area contributed by atoms with E-state index in [1.54, 1.807) is 18.2 Å². The number of phenols is 1. The van der Waals surface area contributed by atoms with E-state index < -0.39 is 0 Å². The third-order valence-corrected chi connectivity index (χ3v) is 4.47. The summed E-state index contributed by atoms with van der Waals surface area (Å²) in [5, 5.41) is 13.3. The average molecular weight is 348 g/mol. The SMILES string of the molecule is Oc1ccc(/C=C/c2nc(-c3ccc(OC4CCCC4)cc3)no2)cc1. The molecule has 1 fully saturated rings. The minimum atomic E-state index is 0.239. The predicted molar refractivity (Wildman–Crippen MR) is 99.7 cm³/mol. The van der Waals surface area contributed by atoms with E-state index in [0.29, 0.717) is 17.8 Å². The molecule has 1 aliphatic carbocycles. The second kappa shape index (κ2) is 7.44. The zero-order valence-corrected chi connectivity index (χ0v) is 14.3. The van der Waals surface area contributed by atoms with Crippen molar-refractivity contribution in [3.05, 3.63) is 60.0 Å². The number of benzene rings is 2. The maximum atomic E-state index is 9.30. The number of aromatic nitrogens is 2. The van der Waals surface area contributed by atoms with Crippen LogP contribution in [0.3, 0.4) is 0 Å². The van der Waals surface area contributed by atoms with Gasteiger partial charge in [-0.1, -0.05) is 17.3 Å². The average Bonchev–Trinajstić information content (AvgIpc) is 3.34. The lowest BCUT2D eigenvalue weighted by Gasteiger charge is -2.12. The van der Waals surface area contributed by atoms with E-state index in [-0.39, 0.29) is 5.75 Å². The van der Waals surface area contributed by atoms with Gasteiger partial charge in [-0.2, -0.15) is 4.98 Å². The second-order valence-corrected chi connectivity index (χ2v) is 6.43. The zero-order chi connectivity index (χ0) is 17.8. The first-order valence-corrected chi connectivity index (χ1v) is 8.84. The maximum absolute atomic E-state index is 9.30. The molecule has 3 aromatic rings. The van der Waals surface area contributed by atoms with Crippen molar-refractivity contribution in [2.75, 3.05) is 0 Å². The van der Waals surface area contributed by atoms with E-state index in [1.807, 2.05) is 42.5 Å². The summed E-state index contributed by atoms with van der Waals surface area (Å²) in [7, 11) is 0. The smallest absolute Gasteiger partial charge is 0.250 e. The van der Waals surface area contributed by atoms with Gasteiger partial charge in [-0.25, -0.2) is 0 Å². The standard InChI is InChI=1S/C21H20N2O3/c24-17-10-5-15(6-11-17)7-14-20-22-21(23-26-20)16-8-12-19(13-9-16)25-18-3-1-2-4-18/h5-14,18,24H,1-4H2/b14-7+. The molecule has 5 heteroatoms. The second-order valence-electron chi connectivity index (χ2n) is 6.43. The van der Waals surface area contributed by atoms with Crippen molar-refractivity contribution < 1.29 is 14.4 Å². The number of nitrogens with zero attached hydrogens (tertiary/aromatic N) is 2. The lowest BCUT2D eigenvalue weighted by molar-refractivity contribution is 0.210. The topological polar surface area (TPSA) is 68.4 Å². The number of phenolic OH excluding ortho intramolecular Hbond substituents is 1.